The molecule has 102 valence electrons. The normalized spacial score (nSPS) is 25.8. The molecule has 1 fully saturated rings. The first-order valence-electron chi connectivity index (χ1n) is 6.77. The van der Waals surface area contributed by atoms with Gasteiger partial charge >= 0.3 is 0 Å². The quantitative estimate of drug-likeness (QED) is 0.697. The molecule has 2 unspecified atom stereocenters. The van der Waals surface area contributed by atoms with E-state index in [0.29, 0.717) is 6.10 Å². The lowest BCUT2D eigenvalue weighted by Gasteiger charge is -2.38. The van der Waals surface area contributed by atoms with Gasteiger partial charge in [-0.1, -0.05) is 6.92 Å². The second-order valence-electron chi connectivity index (χ2n) is 5.34. The molecule has 0 saturated carbocycles. The highest BCUT2D eigenvalue weighted by Gasteiger charge is 2.28. The summed E-state index contributed by atoms with van der Waals surface area (Å²) in [6.45, 7) is 8.22. The molecule has 1 saturated heterocycles. The van der Waals surface area contributed by atoms with Crippen LogP contribution in [0.2, 0.25) is 0 Å². The van der Waals surface area contributed by atoms with Gasteiger partial charge in [0.1, 0.15) is 0 Å². The van der Waals surface area contributed by atoms with Gasteiger partial charge in [-0.15, -0.1) is 0 Å². The Balaban J connectivity index is 2.38. The molecule has 1 rings (SSSR count). The van der Waals surface area contributed by atoms with Crippen LogP contribution in [-0.2, 0) is 4.74 Å². The number of hydrogen-bond donors (Lipinski definition) is 2. The summed E-state index contributed by atoms with van der Waals surface area (Å²) in [6, 6.07) is 0. The molecular formula is C13H28N2O2. The van der Waals surface area contributed by atoms with Crippen molar-refractivity contribution in [2.75, 3.05) is 39.9 Å². The van der Waals surface area contributed by atoms with Crippen molar-refractivity contribution in [1.82, 2.24) is 10.2 Å². The third-order valence-corrected chi connectivity index (χ3v) is 3.55. The Labute approximate surface area is 105 Å². The monoisotopic (exact) mass is 244 g/mol. The van der Waals surface area contributed by atoms with E-state index in [1.54, 1.807) is 0 Å². The highest BCUT2D eigenvalue weighted by atomic mass is 16.5. The molecule has 2 N–H and O–H groups in total. The standard InChI is InChI=1S/C13H28N2O2/c1-4-8-17-12-6-5-7-15(9-12)10-13(2,11-16)14-3/h12,14,16H,4-11H2,1-3H3. The van der Waals surface area contributed by atoms with Crippen LogP contribution in [0, 0.1) is 0 Å². The maximum atomic E-state index is 9.40. The van der Waals surface area contributed by atoms with Crippen LogP contribution in [0.4, 0.5) is 0 Å². The number of piperidine rings is 1. The lowest BCUT2D eigenvalue weighted by molar-refractivity contribution is -0.00972. The molecule has 0 bridgehead atoms. The largest absolute Gasteiger partial charge is 0.394 e. The minimum atomic E-state index is -0.202. The first-order valence-corrected chi connectivity index (χ1v) is 6.77. The van der Waals surface area contributed by atoms with E-state index >= 15 is 0 Å². The summed E-state index contributed by atoms with van der Waals surface area (Å²) in [5, 5.41) is 12.6. The van der Waals surface area contributed by atoms with E-state index in [1.165, 1.54) is 12.8 Å². The summed E-state index contributed by atoms with van der Waals surface area (Å²) in [4.78, 5) is 2.40. The van der Waals surface area contributed by atoms with Gasteiger partial charge in [-0.05, 0) is 39.8 Å². The number of aliphatic hydroxyl groups excluding tert-OH is 1. The number of nitrogens with zero attached hydrogens (tertiary/aromatic N) is 1. The molecule has 2 atom stereocenters. The molecule has 0 radical (unpaired) electrons. The fraction of sp³-hybridized carbons (Fsp3) is 1.00. The molecule has 0 aromatic heterocycles. The molecule has 4 heteroatoms. The van der Waals surface area contributed by atoms with Crippen molar-refractivity contribution in [2.24, 2.45) is 0 Å². The number of likely N-dealkylation sites (N-methyl/N-ethyl adjacent to an activating group) is 1. The molecular weight excluding hydrogens is 216 g/mol. The minimum absolute atomic E-state index is 0.167. The van der Waals surface area contributed by atoms with Gasteiger partial charge < -0.3 is 15.2 Å². The first kappa shape index (κ1) is 14.9. The Bertz CT molecular complexity index is 208. The van der Waals surface area contributed by atoms with E-state index in [1.807, 2.05) is 7.05 Å². The van der Waals surface area contributed by atoms with Gasteiger partial charge in [-0.25, -0.2) is 0 Å². The number of nitrogens with one attached hydrogen (secondary N) is 1. The van der Waals surface area contributed by atoms with Crippen LogP contribution < -0.4 is 5.32 Å². The maximum Gasteiger partial charge on any atom is 0.0702 e. The molecule has 1 aliphatic rings. The van der Waals surface area contributed by atoms with Gasteiger partial charge in [0, 0.05) is 19.7 Å². The van der Waals surface area contributed by atoms with Crippen LogP contribution in [0.3, 0.4) is 0 Å². The summed E-state index contributed by atoms with van der Waals surface area (Å²) in [5.74, 6) is 0. The van der Waals surface area contributed by atoms with Crippen molar-refractivity contribution in [3.63, 3.8) is 0 Å². The van der Waals surface area contributed by atoms with Gasteiger partial charge in [-0.3, -0.25) is 4.90 Å². The molecule has 0 spiro atoms. The number of ether oxygens (including phenoxy) is 1. The molecule has 1 aliphatic heterocycles. The number of rotatable bonds is 7. The summed E-state index contributed by atoms with van der Waals surface area (Å²) in [7, 11) is 1.91. The van der Waals surface area contributed by atoms with E-state index in [-0.39, 0.29) is 12.1 Å². The van der Waals surface area contributed by atoms with Gasteiger partial charge in [0.2, 0.25) is 0 Å². The van der Waals surface area contributed by atoms with Crippen LogP contribution >= 0.6 is 0 Å². The lowest BCUT2D eigenvalue weighted by atomic mass is 10.0. The number of aliphatic hydroxyl groups is 1. The zero-order valence-electron chi connectivity index (χ0n) is 11.5. The van der Waals surface area contributed by atoms with Gasteiger partial charge in [0.15, 0.2) is 0 Å². The Morgan fingerprint density at radius 1 is 1.53 bits per heavy atom. The highest BCUT2D eigenvalue weighted by molar-refractivity contribution is 4.87. The Morgan fingerprint density at radius 3 is 2.88 bits per heavy atom. The molecule has 0 aromatic carbocycles. The zero-order valence-corrected chi connectivity index (χ0v) is 11.5. The fourth-order valence-electron chi connectivity index (χ4n) is 2.28. The first-order chi connectivity index (χ1) is 8.13. The van der Waals surface area contributed by atoms with E-state index in [0.717, 1.165) is 32.7 Å². The summed E-state index contributed by atoms with van der Waals surface area (Å²) < 4.78 is 5.82. The summed E-state index contributed by atoms with van der Waals surface area (Å²) in [5.41, 5.74) is -0.202. The number of hydrogen-bond acceptors (Lipinski definition) is 4. The molecule has 1 heterocycles. The second kappa shape index (κ2) is 7.31. The lowest BCUT2D eigenvalue weighted by Crippen LogP contribution is -2.55. The molecule has 0 aliphatic carbocycles. The molecule has 0 aromatic rings. The van der Waals surface area contributed by atoms with Crippen LogP contribution in [0.15, 0.2) is 0 Å². The van der Waals surface area contributed by atoms with E-state index in [9.17, 15) is 5.11 Å². The fourth-order valence-corrected chi connectivity index (χ4v) is 2.28. The van der Waals surface area contributed by atoms with Crippen LogP contribution in [0.25, 0.3) is 0 Å². The van der Waals surface area contributed by atoms with Crippen molar-refractivity contribution < 1.29 is 9.84 Å². The Morgan fingerprint density at radius 2 is 2.29 bits per heavy atom. The molecule has 4 nitrogen and oxygen atoms in total. The predicted molar refractivity (Wildman–Crippen MR) is 70.3 cm³/mol. The minimum Gasteiger partial charge on any atom is -0.394 e. The topological polar surface area (TPSA) is 44.7 Å². The van der Waals surface area contributed by atoms with Crippen LogP contribution in [0.5, 0.6) is 0 Å². The predicted octanol–water partition coefficient (Wildman–Crippen LogP) is 0.848. The number of likely N-dealkylation sites (tertiary alicyclic amines) is 1. The SMILES string of the molecule is CCCOC1CCCN(CC(C)(CO)NC)C1. The van der Waals surface area contributed by atoms with Crippen molar-refractivity contribution in [1.29, 1.82) is 0 Å². The van der Waals surface area contributed by atoms with Crippen LogP contribution in [0.1, 0.15) is 33.1 Å². The maximum absolute atomic E-state index is 9.40. The average Bonchev–Trinajstić information content (AvgIpc) is 2.36. The third kappa shape index (κ3) is 4.92. The molecule has 17 heavy (non-hydrogen) atoms. The van der Waals surface area contributed by atoms with E-state index in [4.69, 9.17) is 4.74 Å². The summed E-state index contributed by atoms with van der Waals surface area (Å²) >= 11 is 0. The zero-order chi connectivity index (χ0) is 12.7. The Hall–Kier alpha value is -0.160. The van der Waals surface area contributed by atoms with Gasteiger partial charge in [0.25, 0.3) is 0 Å². The third-order valence-electron chi connectivity index (χ3n) is 3.55. The Kier molecular flexibility index (Phi) is 6.41. The highest BCUT2D eigenvalue weighted by Crippen LogP contribution is 2.16. The van der Waals surface area contributed by atoms with Crippen molar-refractivity contribution in [3.05, 3.63) is 0 Å². The van der Waals surface area contributed by atoms with Crippen molar-refractivity contribution in [3.8, 4) is 0 Å². The van der Waals surface area contributed by atoms with Gasteiger partial charge in [0.05, 0.1) is 18.2 Å². The smallest absolute Gasteiger partial charge is 0.0702 e. The molecule has 0 amide bonds. The van der Waals surface area contributed by atoms with E-state index < -0.39 is 0 Å². The van der Waals surface area contributed by atoms with Crippen molar-refractivity contribution in [2.45, 2.75) is 44.8 Å². The van der Waals surface area contributed by atoms with E-state index in [2.05, 4.69) is 24.1 Å². The average molecular weight is 244 g/mol. The van der Waals surface area contributed by atoms with Gasteiger partial charge in [-0.2, -0.15) is 0 Å². The van der Waals surface area contributed by atoms with Crippen molar-refractivity contribution >= 4 is 0 Å². The summed E-state index contributed by atoms with van der Waals surface area (Å²) in [6.07, 6.45) is 3.83. The van der Waals surface area contributed by atoms with Crippen LogP contribution in [-0.4, -0.2) is 61.5 Å². The second-order valence-corrected chi connectivity index (χ2v) is 5.34.